The normalized spacial score (nSPS) is 10.7. The molecule has 1 aromatic heterocycles. The van der Waals surface area contributed by atoms with Crippen molar-refractivity contribution in [3.63, 3.8) is 0 Å². The minimum Gasteiger partial charge on any atom is -0.399 e. The summed E-state index contributed by atoms with van der Waals surface area (Å²) in [6.07, 6.45) is 1.60. The Labute approximate surface area is 113 Å². The Morgan fingerprint density at radius 2 is 2.15 bits per heavy atom. The Morgan fingerprint density at radius 3 is 2.95 bits per heavy atom. The molecule has 0 aliphatic heterocycles. The maximum absolute atomic E-state index is 13.7. The summed E-state index contributed by atoms with van der Waals surface area (Å²) in [4.78, 5) is 12.1. The summed E-state index contributed by atoms with van der Waals surface area (Å²) in [7, 11) is 0. The number of nitrogens with one attached hydrogen (secondary N) is 2. The van der Waals surface area contributed by atoms with Gasteiger partial charge in [-0.25, -0.2) is 4.39 Å². The van der Waals surface area contributed by atoms with Gasteiger partial charge in [-0.3, -0.25) is 9.89 Å². The minimum absolute atomic E-state index is 0.0558. The van der Waals surface area contributed by atoms with Crippen LogP contribution in [0.3, 0.4) is 0 Å². The molecule has 0 bridgehead atoms. The SMILES string of the molecule is Nc1ccc(C(=O)Nc2cccc3[nH]ncc23)c(F)c1. The lowest BCUT2D eigenvalue weighted by Crippen LogP contribution is -2.14. The van der Waals surface area contributed by atoms with Gasteiger partial charge < -0.3 is 11.1 Å². The number of aromatic amines is 1. The van der Waals surface area contributed by atoms with Crippen molar-refractivity contribution in [2.75, 3.05) is 11.1 Å². The second-order valence-corrected chi connectivity index (χ2v) is 4.33. The van der Waals surface area contributed by atoms with E-state index in [2.05, 4.69) is 15.5 Å². The molecular weight excluding hydrogens is 259 g/mol. The Bertz CT molecular complexity index is 797. The summed E-state index contributed by atoms with van der Waals surface area (Å²) < 4.78 is 13.7. The van der Waals surface area contributed by atoms with Crippen LogP contribution in [0, 0.1) is 5.82 Å². The van der Waals surface area contributed by atoms with Gasteiger partial charge in [0.1, 0.15) is 5.82 Å². The highest BCUT2D eigenvalue weighted by molar-refractivity contribution is 6.08. The molecule has 0 fully saturated rings. The van der Waals surface area contributed by atoms with Crippen LogP contribution in [0.2, 0.25) is 0 Å². The van der Waals surface area contributed by atoms with Crippen molar-refractivity contribution in [2.45, 2.75) is 0 Å². The summed E-state index contributed by atoms with van der Waals surface area (Å²) in [5, 5.41) is 10.1. The Morgan fingerprint density at radius 1 is 1.30 bits per heavy atom. The Kier molecular flexibility index (Phi) is 2.83. The number of fused-ring (bicyclic) bond motifs is 1. The van der Waals surface area contributed by atoms with Crippen LogP contribution in [-0.2, 0) is 0 Å². The smallest absolute Gasteiger partial charge is 0.258 e. The van der Waals surface area contributed by atoms with Gasteiger partial charge in [-0.2, -0.15) is 5.10 Å². The van der Waals surface area contributed by atoms with Gasteiger partial charge in [0.2, 0.25) is 0 Å². The standard InChI is InChI=1S/C14H11FN4O/c15-11-6-8(16)4-5-9(11)14(20)18-12-2-1-3-13-10(12)7-17-19-13/h1-7H,16H2,(H,17,19)(H,18,20). The van der Waals surface area contributed by atoms with Crippen molar-refractivity contribution in [1.82, 2.24) is 10.2 Å². The number of nitrogen functional groups attached to an aromatic ring is 1. The minimum atomic E-state index is -0.651. The number of hydrogen-bond acceptors (Lipinski definition) is 3. The summed E-state index contributed by atoms with van der Waals surface area (Å²) in [5.74, 6) is -1.18. The first kappa shape index (κ1) is 12.2. The van der Waals surface area contributed by atoms with E-state index < -0.39 is 11.7 Å². The fourth-order valence-corrected chi connectivity index (χ4v) is 1.98. The van der Waals surface area contributed by atoms with E-state index in [-0.39, 0.29) is 11.3 Å². The number of nitrogens with zero attached hydrogens (tertiary/aromatic N) is 1. The summed E-state index contributed by atoms with van der Waals surface area (Å²) >= 11 is 0. The van der Waals surface area contributed by atoms with Gasteiger partial charge in [0.25, 0.3) is 5.91 Å². The molecule has 3 rings (SSSR count). The number of carbonyl (C=O) groups excluding carboxylic acids is 1. The van der Waals surface area contributed by atoms with Crippen molar-refractivity contribution in [3.05, 3.63) is 54.0 Å². The van der Waals surface area contributed by atoms with Crippen molar-refractivity contribution >= 4 is 28.2 Å². The van der Waals surface area contributed by atoms with Crippen molar-refractivity contribution < 1.29 is 9.18 Å². The fraction of sp³-hybridized carbons (Fsp3) is 0. The number of rotatable bonds is 2. The van der Waals surface area contributed by atoms with E-state index in [4.69, 9.17) is 5.73 Å². The van der Waals surface area contributed by atoms with E-state index in [1.807, 2.05) is 6.07 Å². The first-order chi connectivity index (χ1) is 9.65. The topological polar surface area (TPSA) is 83.8 Å². The maximum Gasteiger partial charge on any atom is 0.258 e. The molecule has 0 aliphatic rings. The third kappa shape index (κ3) is 2.07. The molecule has 0 radical (unpaired) electrons. The van der Waals surface area contributed by atoms with Gasteiger partial charge >= 0.3 is 0 Å². The van der Waals surface area contributed by atoms with Crippen molar-refractivity contribution in [2.24, 2.45) is 0 Å². The molecule has 2 aromatic carbocycles. The van der Waals surface area contributed by atoms with E-state index >= 15 is 0 Å². The summed E-state index contributed by atoms with van der Waals surface area (Å²) in [5.41, 5.74) is 7.03. The molecule has 0 unspecified atom stereocenters. The molecule has 0 saturated heterocycles. The molecule has 0 aliphatic carbocycles. The number of amides is 1. The Balaban J connectivity index is 1.94. The van der Waals surface area contributed by atoms with Crippen LogP contribution in [0.1, 0.15) is 10.4 Å². The predicted molar refractivity (Wildman–Crippen MR) is 74.9 cm³/mol. The molecule has 0 saturated carbocycles. The van der Waals surface area contributed by atoms with Crippen LogP contribution >= 0.6 is 0 Å². The number of nitrogens with two attached hydrogens (primary N) is 1. The van der Waals surface area contributed by atoms with Gasteiger partial charge in [0.15, 0.2) is 0 Å². The quantitative estimate of drug-likeness (QED) is 0.626. The largest absolute Gasteiger partial charge is 0.399 e. The third-order valence-electron chi connectivity index (χ3n) is 2.97. The van der Waals surface area contributed by atoms with Crippen molar-refractivity contribution in [3.8, 4) is 0 Å². The molecule has 3 aromatic rings. The van der Waals surface area contributed by atoms with E-state index in [9.17, 15) is 9.18 Å². The number of halogens is 1. The first-order valence-electron chi connectivity index (χ1n) is 5.93. The number of benzene rings is 2. The highest BCUT2D eigenvalue weighted by Crippen LogP contribution is 2.22. The maximum atomic E-state index is 13.7. The number of aromatic nitrogens is 2. The molecule has 20 heavy (non-hydrogen) atoms. The van der Waals surface area contributed by atoms with E-state index in [1.54, 1.807) is 18.3 Å². The van der Waals surface area contributed by atoms with Crippen LogP contribution in [0.15, 0.2) is 42.6 Å². The molecular formula is C14H11FN4O. The van der Waals surface area contributed by atoms with E-state index in [1.165, 1.54) is 12.1 Å². The van der Waals surface area contributed by atoms with E-state index in [0.29, 0.717) is 5.69 Å². The van der Waals surface area contributed by atoms with Gasteiger partial charge in [0, 0.05) is 11.1 Å². The zero-order valence-corrected chi connectivity index (χ0v) is 10.4. The highest BCUT2D eigenvalue weighted by atomic mass is 19.1. The number of hydrogen-bond donors (Lipinski definition) is 3. The monoisotopic (exact) mass is 270 g/mol. The zero-order valence-electron chi connectivity index (χ0n) is 10.4. The molecule has 100 valence electrons. The molecule has 5 nitrogen and oxygen atoms in total. The highest BCUT2D eigenvalue weighted by Gasteiger charge is 2.13. The lowest BCUT2D eigenvalue weighted by atomic mass is 10.1. The van der Waals surface area contributed by atoms with Crippen LogP contribution in [-0.4, -0.2) is 16.1 Å². The molecule has 0 atom stereocenters. The molecule has 1 heterocycles. The second-order valence-electron chi connectivity index (χ2n) is 4.33. The van der Waals surface area contributed by atoms with Crippen LogP contribution in [0.25, 0.3) is 10.9 Å². The van der Waals surface area contributed by atoms with Gasteiger partial charge in [-0.05, 0) is 30.3 Å². The second kappa shape index (κ2) is 4.65. The summed E-state index contributed by atoms with van der Waals surface area (Å²) in [6.45, 7) is 0. The summed E-state index contributed by atoms with van der Waals surface area (Å²) in [6, 6.07) is 9.29. The van der Waals surface area contributed by atoms with E-state index in [0.717, 1.165) is 17.0 Å². The fourth-order valence-electron chi connectivity index (χ4n) is 1.98. The molecule has 0 spiro atoms. The molecule has 4 N–H and O–H groups in total. The average Bonchev–Trinajstić information content (AvgIpc) is 2.87. The zero-order chi connectivity index (χ0) is 14.1. The van der Waals surface area contributed by atoms with Crippen LogP contribution < -0.4 is 11.1 Å². The molecule has 1 amide bonds. The lowest BCUT2D eigenvalue weighted by Gasteiger charge is -2.07. The van der Waals surface area contributed by atoms with Crippen LogP contribution in [0.5, 0.6) is 0 Å². The van der Waals surface area contributed by atoms with Gasteiger partial charge in [-0.15, -0.1) is 0 Å². The van der Waals surface area contributed by atoms with Gasteiger partial charge in [-0.1, -0.05) is 6.07 Å². The van der Waals surface area contributed by atoms with Gasteiger partial charge in [0.05, 0.1) is 23.0 Å². The third-order valence-corrected chi connectivity index (χ3v) is 2.97. The number of anilines is 2. The number of H-pyrrole nitrogens is 1. The number of carbonyl (C=O) groups is 1. The average molecular weight is 270 g/mol. The molecule has 6 heteroatoms. The first-order valence-corrected chi connectivity index (χ1v) is 5.93. The lowest BCUT2D eigenvalue weighted by molar-refractivity contribution is 0.102. The van der Waals surface area contributed by atoms with Crippen molar-refractivity contribution in [1.29, 1.82) is 0 Å². The predicted octanol–water partition coefficient (Wildman–Crippen LogP) is 2.54. The van der Waals surface area contributed by atoms with Crippen LogP contribution in [0.4, 0.5) is 15.8 Å². The Hall–Kier alpha value is -2.89.